The van der Waals surface area contributed by atoms with Crippen LogP contribution in [0.5, 0.6) is 0 Å². The Morgan fingerprint density at radius 3 is 2.50 bits per heavy atom. The van der Waals surface area contributed by atoms with Crippen LogP contribution in [0, 0.1) is 6.92 Å². The Hall–Kier alpha value is -4.17. The quantitative estimate of drug-likeness (QED) is 0.397. The second-order valence-electron chi connectivity index (χ2n) is 9.18. The van der Waals surface area contributed by atoms with Crippen LogP contribution in [0.4, 0.5) is 0 Å². The van der Waals surface area contributed by atoms with E-state index in [4.69, 9.17) is 9.73 Å². The molecule has 3 heterocycles. The predicted octanol–water partition coefficient (Wildman–Crippen LogP) is 5.41. The van der Waals surface area contributed by atoms with Crippen molar-refractivity contribution in [1.82, 2.24) is 15.2 Å². The van der Waals surface area contributed by atoms with Gasteiger partial charge in [0.2, 0.25) is 5.91 Å². The molecule has 3 aromatic rings. The van der Waals surface area contributed by atoms with Crippen LogP contribution in [0.25, 0.3) is 0 Å². The summed E-state index contributed by atoms with van der Waals surface area (Å²) in [7, 11) is 0. The van der Waals surface area contributed by atoms with Crippen molar-refractivity contribution in [2.75, 3.05) is 0 Å². The number of nitrogens with one attached hydrogen (secondary N) is 1. The highest BCUT2D eigenvalue weighted by Crippen LogP contribution is 2.44. The lowest BCUT2D eigenvalue weighted by Crippen LogP contribution is -2.38. The van der Waals surface area contributed by atoms with Gasteiger partial charge in [0, 0.05) is 24.6 Å². The molecule has 1 aromatic heterocycles. The number of aryl methyl sites for hydroxylation is 1. The summed E-state index contributed by atoms with van der Waals surface area (Å²) in [4.78, 5) is 37.3. The summed E-state index contributed by atoms with van der Waals surface area (Å²) < 4.78 is 5.76. The number of thioether (sulfide) groups is 1. The number of aromatic nitrogens is 1. The molecular formula is C30H28N4O3S. The summed E-state index contributed by atoms with van der Waals surface area (Å²) in [6.07, 6.45) is 3.58. The number of fused-ring (bicyclic) bond motifs is 1. The number of carbonyl (C=O) groups excluding carboxylic acids is 2. The van der Waals surface area contributed by atoms with E-state index in [1.54, 1.807) is 12.4 Å². The molecule has 2 aromatic carbocycles. The normalized spacial score (nSPS) is 16.5. The second kappa shape index (κ2) is 11.5. The third-order valence-corrected chi connectivity index (χ3v) is 7.27. The van der Waals surface area contributed by atoms with E-state index in [0.717, 1.165) is 33.1 Å². The van der Waals surface area contributed by atoms with E-state index < -0.39 is 12.0 Å². The number of hydrogen-bond donors (Lipinski definition) is 1. The fourth-order valence-electron chi connectivity index (χ4n) is 4.43. The Kier molecular flexibility index (Phi) is 7.70. The Labute approximate surface area is 226 Å². The number of amidine groups is 1. The van der Waals surface area contributed by atoms with Crippen molar-refractivity contribution in [2.24, 2.45) is 4.99 Å². The van der Waals surface area contributed by atoms with Gasteiger partial charge in [-0.25, -0.2) is 9.79 Å². The first-order valence-corrected chi connectivity index (χ1v) is 13.2. The Morgan fingerprint density at radius 1 is 1.00 bits per heavy atom. The number of carbonyl (C=O) groups is 2. The molecule has 0 saturated carbocycles. The van der Waals surface area contributed by atoms with Crippen LogP contribution in [-0.2, 0) is 27.5 Å². The maximum Gasteiger partial charge on any atom is 0.338 e. The highest BCUT2D eigenvalue weighted by molar-refractivity contribution is 8.16. The van der Waals surface area contributed by atoms with Gasteiger partial charge >= 0.3 is 5.97 Å². The summed E-state index contributed by atoms with van der Waals surface area (Å²) in [5.74, 6) is -0.541. The summed E-state index contributed by atoms with van der Waals surface area (Å²) in [5.41, 5.74) is 5.75. The van der Waals surface area contributed by atoms with Crippen LogP contribution in [0.2, 0.25) is 0 Å². The van der Waals surface area contributed by atoms with Crippen LogP contribution in [0.15, 0.2) is 106 Å². The van der Waals surface area contributed by atoms with E-state index in [9.17, 15) is 9.59 Å². The minimum absolute atomic E-state index is 0.121. The number of aliphatic imine (C=N–C) groups is 1. The summed E-state index contributed by atoms with van der Waals surface area (Å²) in [5, 5.41) is 5.64. The number of benzene rings is 2. The van der Waals surface area contributed by atoms with Crippen LogP contribution in [-0.4, -0.2) is 26.9 Å². The van der Waals surface area contributed by atoms with Crippen molar-refractivity contribution in [2.45, 2.75) is 39.5 Å². The van der Waals surface area contributed by atoms with E-state index in [1.807, 2.05) is 90.9 Å². The van der Waals surface area contributed by atoms with E-state index in [-0.39, 0.29) is 18.9 Å². The Morgan fingerprint density at radius 2 is 1.76 bits per heavy atom. The van der Waals surface area contributed by atoms with Crippen LogP contribution in [0.3, 0.4) is 0 Å². The number of pyridine rings is 1. The van der Waals surface area contributed by atoms with Gasteiger partial charge in [-0.1, -0.05) is 78.0 Å². The number of esters is 1. The molecule has 1 atom stereocenters. The molecular weight excluding hydrogens is 496 g/mol. The SMILES string of the molecule is CC1=C(C(=O)OCc2ccccc2)C(c2ccc(C)cc2)N2C(CC(=O)NCc3cccnc3)=CSC2=N1. The molecule has 0 spiro atoms. The van der Waals surface area contributed by atoms with Gasteiger partial charge in [0.05, 0.1) is 23.7 Å². The first kappa shape index (κ1) is 25.5. The fourth-order valence-corrected chi connectivity index (χ4v) is 5.39. The summed E-state index contributed by atoms with van der Waals surface area (Å²) in [6, 6.07) is 21.0. The number of nitrogens with zero attached hydrogens (tertiary/aromatic N) is 3. The number of rotatable bonds is 8. The van der Waals surface area contributed by atoms with E-state index in [0.29, 0.717) is 17.8 Å². The van der Waals surface area contributed by atoms with Gasteiger partial charge in [-0.15, -0.1) is 0 Å². The zero-order chi connectivity index (χ0) is 26.5. The third kappa shape index (κ3) is 5.70. The highest BCUT2D eigenvalue weighted by atomic mass is 32.2. The van der Waals surface area contributed by atoms with Gasteiger partial charge in [0.25, 0.3) is 0 Å². The zero-order valence-corrected chi connectivity index (χ0v) is 22.1. The molecule has 8 heteroatoms. The molecule has 2 aliphatic rings. The third-order valence-electron chi connectivity index (χ3n) is 6.38. The summed E-state index contributed by atoms with van der Waals surface area (Å²) >= 11 is 1.46. The van der Waals surface area contributed by atoms with E-state index in [2.05, 4.69) is 10.3 Å². The van der Waals surface area contributed by atoms with Crippen LogP contribution < -0.4 is 5.32 Å². The Bertz CT molecular complexity index is 1420. The monoisotopic (exact) mass is 524 g/mol. The van der Waals surface area contributed by atoms with Gasteiger partial charge < -0.3 is 15.0 Å². The van der Waals surface area contributed by atoms with E-state index >= 15 is 0 Å². The molecule has 0 aliphatic carbocycles. The second-order valence-corrected chi connectivity index (χ2v) is 10.0. The molecule has 192 valence electrons. The zero-order valence-electron chi connectivity index (χ0n) is 21.3. The molecule has 0 fully saturated rings. The molecule has 0 saturated heterocycles. The number of allylic oxidation sites excluding steroid dienone is 1. The van der Waals surface area contributed by atoms with Crippen molar-refractivity contribution in [3.63, 3.8) is 0 Å². The number of ether oxygens (including phenoxy) is 1. The molecule has 7 nitrogen and oxygen atoms in total. The minimum atomic E-state index is -0.459. The lowest BCUT2D eigenvalue weighted by atomic mass is 9.93. The lowest BCUT2D eigenvalue weighted by Gasteiger charge is -2.36. The largest absolute Gasteiger partial charge is 0.457 e. The molecule has 1 amide bonds. The van der Waals surface area contributed by atoms with Crippen molar-refractivity contribution in [3.05, 3.63) is 124 Å². The summed E-state index contributed by atoms with van der Waals surface area (Å²) in [6.45, 7) is 4.43. The molecule has 38 heavy (non-hydrogen) atoms. The molecule has 1 unspecified atom stereocenters. The number of amides is 1. The molecule has 5 rings (SSSR count). The van der Waals surface area contributed by atoms with Gasteiger partial charge in [0.15, 0.2) is 5.17 Å². The van der Waals surface area contributed by atoms with Gasteiger partial charge in [-0.2, -0.15) is 0 Å². The lowest BCUT2D eigenvalue weighted by molar-refractivity contribution is -0.141. The Balaban J connectivity index is 1.39. The van der Waals surface area contributed by atoms with E-state index in [1.165, 1.54) is 11.8 Å². The predicted molar refractivity (Wildman–Crippen MR) is 149 cm³/mol. The highest BCUT2D eigenvalue weighted by Gasteiger charge is 2.41. The fraction of sp³-hybridized carbons (Fsp3) is 0.200. The first-order valence-electron chi connectivity index (χ1n) is 12.4. The van der Waals surface area contributed by atoms with Crippen LogP contribution in [0.1, 0.15) is 41.6 Å². The maximum absolute atomic E-state index is 13.5. The average Bonchev–Trinajstić information content (AvgIpc) is 3.33. The topological polar surface area (TPSA) is 83.9 Å². The molecule has 0 bridgehead atoms. The molecule has 0 radical (unpaired) electrons. The van der Waals surface area contributed by atoms with Crippen molar-refractivity contribution < 1.29 is 14.3 Å². The minimum Gasteiger partial charge on any atom is -0.457 e. The van der Waals surface area contributed by atoms with Gasteiger partial charge in [-0.05, 0) is 42.0 Å². The van der Waals surface area contributed by atoms with Crippen molar-refractivity contribution in [3.8, 4) is 0 Å². The average molecular weight is 525 g/mol. The smallest absolute Gasteiger partial charge is 0.338 e. The first-order chi connectivity index (χ1) is 18.5. The standard InChI is InChI=1S/C30H28N4O3S/c1-20-10-12-24(13-11-20)28-27(29(36)37-18-22-7-4-3-5-8-22)21(2)33-30-34(28)25(19-38-30)15-26(35)32-17-23-9-6-14-31-16-23/h3-14,16,19,28H,15,17-18H2,1-2H3,(H,32,35). The number of hydrogen-bond acceptors (Lipinski definition) is 7. The maximum atomic E-state index is 13.5. The van der Waals surface area contributed by atoms with Crippen molar-refractivity contribution in [1.29, 1.82) is 0 Å². The van der Waals surface area contributed by atoms with Crippen LogP contribution >= 0.6 is 11.8 Å². The molecule has 2 aliphatic heterocycles. The van der Waals surface area contributed by atoms with Gasteiger partial charge in [0.1, 0.15) is 6.61 Å². The van der Waals surface area contributed by atoms with Crippen molar-refractivity contribution >= 4 is 28.8 Å². The molecule has 1 N–H and O–H groups in total. The van der Waals surface area contributed by atoms with Gasteiger partial charge in [-0.3, -0.25) is 9.78 Å².